The van der Waals surface area contributed by atoms with Crippen LogP contribution in [0.1, 0.15) is 11.8 Å². The summed E-state index contributed by atoms with van der Waals surface area (Å²) in [6.07, 6.45) is 3.38. The minimum absolute atomic E-state index is 0.714. The molecule has 0 unspecified atom stereocenters. The number of nitrogens with one attached hydrogen (secondary N) is 2. The first-order chi connectivity index (χ1) is 8.31. The second kappa shape index (κ2) is 5.92. The molecule has 0 spiro atoms. The van der Waals surface area contributed by atoms with E-state index < -0.39 is 0 Å². The molecule has 0 aliphatic heterocycles. The van der Waals surface area contributed by atoms with E-state index in [9.17, 15) is 0 Å². The first kappa shape index (κ1) is 12.3. The molecule has 0 aromatic carbocycles. The molecule has 0 fully saturated rings. The molecule has 0 atom stereocenters. The molecule has 0 radical (unpaired) electrons. The van der Waals surface area contributed by atoms with E-state index in [1.807, 2.05) is 18.6 Å². The minimum Gasteiger partial charge on any atom is -0.369 e. The Morgan fingerprint density at radius 1 is 1.29 bits per heavy atom. The van der Waals surface area contributed by atoms with Gasteiger partial charge >= 0.3 is 0 Å². The van der Waals surface area contributed by atoms with Crippen LogP contribution in [-0.4, -0.2) is 21.5 Å². The number of hydrogen-bond donors (Lipinski definition) is 2. The molecule has 2 aromatic heterocycles. The van der Waals surface area contributed by atoms with Gasteiger partial charge in [0.05, 0.1) is 12.1 Å². The van der Waals surface area contributed by atoms with Crippen molar-refractivity contribution in [1.29, 1.82) is 0 Å². The fraction of sp³-hybridized carbons (Fsp3) is 0.300. The Hall–Kier alpha value is -1.21. The van der Waals surface area contributed by atoms with Gasteiger partial charge in [-0.05, 0) is 22.9 Å². The van der Waals surface area contributed by atoms with Crippen LogP contribution in [0.25, 0.3) is 0 Å². The predicted octanol–water partition coefficient (Wildman–Crippen LogP) is 2.74. The average molecular weight is 314 g/mol. The summed E-state index contributed by atoms with van der Waals surface area (Å²) in [5.41, 5.74) is 1.82. The number of thiazole rings is 1. The summed E-state index contributed by atoms with van der Waals surface area (Å²) in [6.45, 7) is 3.56. The minimum atomic E-state index is 0.714. The molecule has 90 valence electrons. The lowest BCUT2D eigenvalue weighted by Gasteiger charge is -2.09. The van der Waals surface area contributed by atoms with E-state index in [-0.39, 0.29) is 0 Å². The quantitative estimate of drug-likeness (QED) is 0.888. The highest BCUT2D eigenvalue weighted by Crippen LogP contribution is 2.26. The highest BCUT2D eigenvalue weighted by Gasteiger charge is 2.07. The molecule has 0 aliphatic rings. The predicted molar refractivity (Wildman–Crippen MR) is 73.3 cm³/mol. The van der Waals surface area contributed by atoms with Crippen molar-refractivity contribution in [2.45, 2.75) is 13.5 Å². The van der Waals surface area contributed by atoms with Crippen LogP contribution in [0.4, 0.5) is 11.6 Å². The third-order valence-electron chi connectivity index (χ3n) is 2.05. The zero-order chi connectivity index (χ0) is 12.1. The number of hydrogen-bond acceptors (Lipinski definition) is 6. The van der Waals surface area contributed by atoms with E-state index in [0.29, 0.717) is 6.54 Å². The molecule has 0 saturated carbocycles. The van der Waals surface area contributed by atoms with Crippen LogP contribution in [0, 0.1) is 0 Å². The lowest BCUT2D eigenvalue weighted by molar-refractivity contribution is 1.06. The van der Waals surface area contributed by atoms with Crippen molar-refractivity contribution >= 4 is 38.9 Å². The number of anilines is 2. The van der Waals surface area contributed by atoms with Gasteiger partial charge in [-0.15, -0.1) is 11.3 Å². The molecule has 0 bridgehead atoms. The van der Waals surface area contributed by atoms with E-state index in [2.05, 4.69) is 41.5 Å². The molecule has 0 saturated heterocycles. The van der Waals surface area contributed by atoms with Gasteiger partial charge < -0.3 is 10.6 Å². The molecule has 0 amide bonds. The fourth-order valence-electron chi connectivity index (χ4n) is 1.28. The van der Waals surface area contributed by atoms with E-state index in [4.69, 9.17) is 0 Å². The van der Waals surface area contributed by atoms with Crippen molar-refractivity contribution in [2.24, 2.45) is 0 Å². The molecule has 17 heavy (non-hydrogen) atoms. The first-order valence-corrected chi connectivity index (χ1v) is 6.84. The standard InChI is InChI=1S/C10H12BrN5S/c1-2-13-9-8(11)10(16-5-15-9)14-4-7-3-12-6-17-7/h3,5-6H,2,4H2,1H3,(H2,13,14,15,16). The number of halogens is 1. The Labute approximate surface area is 112 Å². The van der Waals surface area contributed by atoms with Crippen LogP contribution in [0.15, 0.2) is 22.5 Å². The Morgan fingerprint density at radius 2 is 2.06 bits per heavy atom. The van der Waals surface area contributed by atoms with Crippen LogP contribution >= 0.6 is 27.3 Å². The summed E-state index contributed by atoms with van der Waals surface area (Å²) >= 11 is 5.10. The van der Waals surface area contributed by atoms with Gasteiger partial charge in [0.25, 0.3) is 0 Å². The molecule has 5 nitrogen and oxygen atoms in total. The number of nitrogens with zero attached hydrogens (tertiary/aromatic N) is 3. The molecule has 2 aromatic rings. The zero-order valence-corrected chi connectivity index (χ0v) is 11.7. The van der Waals surface area contributed by atoms with Crippen molar-refractivity contribution in [3.05, 3.63) is 27.4 Å². The van der Waals surface area contributed by atoms with Gasteiger partial charge in [-0.25, -0.2) is 9.97 Å². The molecular formula is C10H12BrN5S. The van der Waals surface area contributed by atoms with Crippen LogP contribution < -0.4 is 10.6 Å². The van der Waals surface area contributed by atoms with E-state index >= 15 is 0 Å². The summed E-state index contributed by atoms with van der Waals surface area (Å²) < 4.78 is 0.853. The second-order valence-corrected chi connectivity index (χ2v) is 5.00. The highest BCUT2D eigenvalue weighted by molar-refractivity contribution is 9.10. The van der Waals surface area contributed by atoms with Gasteiger partial charge in [0.15, 0.2) is 0 Å². The van der Waals surface area contributed by atoms with Crippen molar-refractivity contribution in [2.75, 3.05) is 17.2 Å². The summed E-state index contributed by atoms with van der Waals surface area (Å²) in [7, 11) is 0. The van der Waals surface area contributed by atoms with Crippen LogP contribution in [0.2, 0.25) is 0 Å². The molecule has 7 heteroatoms. The molecular weight excluding hydrogens is 302 g/mol. The smallest absolute Gasteiger partial charge is 0.146 e. The summed E-state index contributed by atoms with van der Waals surface area (Å²) in [6, 6.07) is 0. The SMILES string of the molecule is CCNc1ncnc(NCc2cncs2)c1Br. The van der Waals surface area contributed by atoms with Gasteiger partial charge in [-0.1, -0.05) is 0 Å². The summed E-state index contributed by atoms with van der Waals surface area (Å²) in [4.78, 5) is 13.5. The largest absolute Gasteiger partial charge is 0.369 e. The van der Waals surface area contributed by atoms with E-state index in [0.717, 1.165) is 22.7 Å². The van der Waals surface area contributed by atoms with E-state index in [1.165, 1.54) is 11.2 Å². The third-order valence-corrected chi connectivity index (χ3v) is 3.58. The maximum atomic E-state index is 4.20. The Balaban J connectivity index is 2.07. The topological polar surface area (TPSA) is 62.7 Å². The normalized spacial score (nSPS) is 10.2. The van der Waals surface area contributed by atoms with Crippen molar-refractivity contribution < 1.29 is 0 Å². The summed E-state index contributed by atoms with van der Waals surface area (Å²) in [5.74, 6) is 1.58. The van der Waals surface area contributed by atoms with Gasteiger partial charge in [-0.2, -0.15) is 0 Å². The molecule has 2 rings (SSSR count). The maximum absolute atomic E-state index is 4.20. The Morgan fingerprint density at radius 3 is 2.71 bits per heavy atom. The fourth-order valence-corrected chi connectivity index (χ4v) is 2.30. The lowest BCUT2D eigenvalue weighted by Crippen LogP contribution is -2.05. The van der Waals surface area contributed by atoms with Gasteiger partial charge in [0.2, 0.25) is 0 Å². The monoisotopic (exact) mass is 313 g/mol. The molecule has 2 N–H and O–H groups in total. The van der Waals surface area contributed by atoms with Crippen LogP contribution in [0.3, 0.4) is 0 Å². The maximum Gasteiger partial charge on any atom is 0.146 e. The molecule has 2 heterocycles. The summed E-state index contributed by atoms with van der Waals surface area (Å²) in [5, 5.41) is 6.41. The van der Waals surface area contributed by atoms with E-state index in [1.54, 1.807) is 11.3 Å². The Kier molecular flexibility index (Phi) is 4.27. The van der Waals surface area contributed by atoms with Crippen LogP contribution in [0.5, 0.6) is 0 Å². The zero-order valence-electron chi connectivity index (χ0n) is 9.27. The van der Waals surface area contributed by atoms with Gasteiger partial charge in [-0.3, -0.25) is 4.98 Å². The van der Waals surface area contributed by atoms with Crippen LogP contribution in [-0.2, 0) is 6.54 Å². The highest BCUT2D eigenvalue weighted by atomic mass is 79.9. The first-order valence-electron chi connectivity index (χ1n) is 5.17. The second-order valence-electron chi connectivity index (χ2n) is 3.24. The number of aromatic nitrogens is 3. The Bertz CT molecular complexity index is 474. The van der Waals surface area contributed by atoms with Gasteiger partial charge in [0, 0.05) is 17.6 Å². The third kappa shape index (κ3) is 3.13. The lowest BCUT2D eigenvalue weighted by atomic mass is 10.4. The van der Waals surface area contributed by atoms with Gasteiger partial charge in [0.1, 0.15) is 22.4 Å². The molecule has 0 aliphatic carbocycles. The van der Waals surface area contributed by atoms with Crippen molar-refractivity contribution in [1.82, 2.24) is 15.0 Å². The van der Waals surface area contributed by atoms with Crippen molar-refractivity contribution in [3.8, 4) is 0 Å². The van der Waals surface area contributed by atoms with Crippen molar-refractivity contribution in [3.63, 3.8) is 0 Å². The number of rotatable bonds is 5. The average Bonchev–Trinajstić information content (AvgIpc) is 2.83.